The summed E-state index contributed by atoms with van der Waals surface area (Å²) in [7, 11) is 0. The smallest absolute Gasteiger partial charge is 0.250 e. The molecule has 4 rings (SSSR count). The van der Waals surface area contributed by atoms with Gasteiger partial charge in [-0.05, 0) is 52.7 Å². The van der Waals surface area contributed by atoms with Gasteiger partial charge in [0.15, 0.2) is 0 Å². The van der Waals surface area contributed by atoms with E-state index in [2.05, 4.69) is 41.0 Å². The summed E-state index contributed by atoms with van der Waals surface area (Å²) in [4.78, 5) is 12.3. The number of amides is 1. The molecular weight excluding hydrogens is 332 g/mol. The minimum Gasteiger partial charge on any atom is -0.359 e. The van der Waals surface area contributed by atoms with Crippen molar-refractivity contribution in [2.24, 2.45) is 0 Å². The maximum Gasteiger partial charge on any atom is 0.250 e. The van der Waals surface area contributed by atoms with Gasteiger partial charge in [0.2, 0.25) is 5.91 Å². The molecule has 0 aliphatic heterocycles. The average molecular weight is 352 g/mol. The topological polar surface area (TPSA) is 41.1 Å². The predicted molar refractivity (Wildman–Crippen MR) is 114 cm³/mol. The monoisotopic (exact) mass is 352 g/mol. The van der Waals surface area contributed by atoms with Gasteiger partial charge in [-0.3, -0.25) is 4.79 Å². The molecule has 3 nitrogen and oxygen atoms in total. The molecule has 0 radical (unpaired) electrons. The van der Waals surface area contributed by atoms with E-state index in [1.54, 1.807) is 6.08 Å². The summed E-state index contributed by atoms with van der Waals surface area (Å²) in [6, 6.07) is 28.4. The Balaban J connectivity index is 1.46. The molecule has 0 saturated heterocycles. The van der Waals surface area contributed by atoms with E-state index in [-0.39, 0.29) is 5.91 Å². The van der Waals surface area contributed by atoms with Gasteiger partial charge in [-0.15, -0.1) is 0 Å². The summed E-state index contributed by atoms with van der Waals surface area (Å²) < 4.78 is 0. The Morgan fingerprint density at radius 3 is 1.70 bits per heavy atom. The largest absolute Gasteiger partial charge is 0.359 e. The summed E-state index contributed by atoms with van der Waals surface area (Å²) in [6.07, 6.45) is 1.57. The Bertz CT molecular complexity index is 1160. The quantitative estimate of drug-likeness (QED) is 0.446. The standard InChI is InChI=1S/C24H20N2O/c1-17(25-22-12-10-18-6-2-4-8-20(18)15-22)14-24(27)26-23-13-11-19-7-3-5-9-21(19)16-23/h2-16,25H,1H3,(H,26,27)/b17-14+. The van der Waals surface area contributed by atoms with Crippen molar-refractivity contribution >= 4 is 38.8 Å². The lowest BCUT2D eigenvalue weighted by Crippen LogP contribution is -2.10. The Morgan fingerprint density at radius 2 is 1.15 bits per heavy atom. The lowest BCUT2D eigenvalue weighted by molar-refractivity contribution is -0.111. The predicted octanol–water partition coefficient (Wildman–Crippen LogP) is 5.95. The van der Waals surface area contributed by atoms with Gasteiger partial charge in [0.1, 0.15) is 0 Å². The van der Waals surface area contributed by atoms with Gasteiger partial charge < -0.3 is 10.6 Å². The molecule has 0 aliphatic carbocycles. The molecule has 0 bridgehead atoms. The number of rotatable bonds is 4. The third-order valence-corrected chi connectivity index (χ3v) is 4.46. The van der Waals surface area contributed by atoms with Crippen molar-refractivity contribution in [1.82, 2.24) is 0 Å². The van der Waals surface area contributed by atoms with Crippen LogP contribution >= 0.6 is 0 Å². The van der Waals surface area contributed by atoms with E-state index in [0.29, 0.717) is 0 Å². The second kappa shape index (κ2) is 7.34. The second-order valence-corrected chi connectivity index (χ2v) is 6.57. The lowest BCUT2D eigenvalue weighted by Gasteiger charge is -2.09. The highest BCUT2D eigenvalue weighted by Gasteiger charge is 2.02. The normalized spacial score (nSPS) is 11.5. The van der Waals surface area contributed by atoms with Gasteiger partial charge in [-0.1, -0.05) is 60.7 Å². The highest BCUT2D eigenvalue weighted by Crippen LogP contribution is 2.21. The maximum absolute atomic E-state index is 12.3. The van der Waals surface area contributed by atoms with Crippen LogP contribution in [-0.2, 0) is 4.79 Å². The van der Waals surface area contributed by atoms with E-state index in [0.717, 1.165) is 33.2 Å². The molecule has 0 heterocycles. The van der Waals surface area contributed by atoms with Gasteiger partial charge in [0.25, 0.3) is 0 Å². The molecule has 4 aromatic rings. The van der Waals surface area contributed by atoms with Crippen molar-refractivity contribution < 1.29 is 4.79 Å². The number of fused-ring (bicyclic) bond motifs is 2. The van der Waals surface area contributed by atoms with Crippen LogP contribution in [0.5, 0.6) is 0 Å². The van der Waals surface area contributed by atoms with Crippen LogP contribution in [0.4, 0.5) is 11.4 Å². The van der Waals surface area contributed by atoms with Crippen LogP contribution in [-0.4, -0.2) is 5.91 Å². The molecule has 3 heteroatoms. The first kappa shape index (κ1) is 16.9. The SMILES string of the molecule is C/C(=C\C(=O)Nc1ccc2ccccc2c1)Nc1ccc2ccccc2c1. The fraction of sp³-hybridized carbons (Fsp3) is 0.0417. The highest BCUT2D eigenvalue weighted by molar-refractivity contribution is 6.01. The first-order chi connectivity index (χ1) is 13.2. The van der Waals surface area contributed by atoms with E-state index in [9.17, 15) is 4.79 Å². The molecule has 2 N–H and O–H groups in total. The number of carbonyl (C=O) groups excluding carboxylic acids is 1. The summed E-state index contributed by atoms with van der Waals surface area (Å²) in [6.45, 7) is 1.88. The number of hydrogen-bond donors (Lipinski definition) is 2. The molecule has 0 saturated carbocycles. The van der Waals surface area contributed by atoms with Crippen LogP contribution in [0, 0.1) is 0 Å². The van der Waals surface area contributed by atoms with E-state index in [4.69, 9.17) is 0 Å². The van der Waals surface area contributed by atoms with Gasteiger partial charge in [-0.25, -0.2) is 0 Å². The van der Waals surface area contributed by atoms with Crippen LogP contribution < -0.4 is 10.6 Å². The number of carbonyl (C=O) groups is 1. The molecule has 1 amide bonds. The molecule has 0 spiro atoms. The Kier molecular flexibility index (Phi) is 4.58. The number of nitrogens with one attached hydrogen (secondary N) is 2. The van der Waals surface area contributed by atoms with Gasteiger partial charge in [0, 0.05) is 23.1 Å². The van der Waals surface area contributed by atoms with Crippen molar-refractivity contribution in [3.8, 4) is 0 Å². The fourth-order valence-corrected chi connectivity index (χ4v) is 3.17. The molecule has 0 fully saturated rings. The lowest BCUT2D eigenvalue weighted by atomic mass is 10.1. The molecular formula is C24H20N2O. The zero-order chi connectivity index (χ0) is 18.6. The van der Waals surface area contributed by atoms with Crippen LogP contribution in [0.15, 0.2) is 96.7 Å². The van der Waals surface area contributed by atoms with Crippen LogP contribution in [0.1, 0.15) is 6.92 Å². The van der Waals surface area contributed by atoms with Crippen molar-refractivity contribution in [3.05, 3.63) is 96.7 Å². The van der Waals surface area contributed by atoms with Gasteiger partial charge >= 0.3 is 0 Å². The third kappa shape index (κ3) is 3.98. The van der Waals surface area contributed by atoms with Crippen molar-refractivity contribution in [3.63, 3.8) is 0 Å². The fourth-order valence-electron chi connectivity index (χ4n) is 3.17. The average Bonchev–Trinajstić information content (AvgIpc) is 2.67. The first-order valence-electron chi connectivity index (χ1n) is 8.91. The third-order valence-electron chi connectivity index (χ3n) is 4.46. The maximum atomic E-state index is 12.3. The summed E-state index contributed by atoms with van der Waals surface area (Å²) >= 11 is 0. The van der Waals surface area contributed by atoms with E-state index in [1.165, 1.54) is 5.39 Å². The molecule has 0 aromatic heterocycles. The van der Waals surface area contributed by atoms with E-state index < -0.39 is 0 Å². The van der Waals surface area contributed by atoms with Gasteiger partial charge in [0.05, 0.1) is 0 Å². The van der Waals surface area contributed by atoms with Crippen molar-refractivity contribution in [1.29, 1.82) is 0 Å². The summed E-state index contributed by atoms with van der Waals surface area (Å²) in [5.74, 6) is -0.156. The van der Waals surface area contributed by atoms with Crippen LogP contribution in [0.25, 0.3) is 21.5 Å². The summed E-state index contributed by atoms with van der Waals surface area (Å²) in [5.41, 5.74) is 2.53. The minimum absolute atomic E-state index is 0.156. The van der Waals surface area contributed by atoms with E-state index >= 15 is 0 Å². The van der Waals surface area contributed by atoms with Crippen molar-refractivity contribution in [2.75, 3.05) is 10.6 Å². The molecule has 27 heavy (non-hydrogen) atoms. The zero-order valence-electron chi connectivity index (χ0n) is 15.1. The summed E-state index contributed by atoms with van der Waals surface area (Å²) in [5, 5.41) is 10.8. The molecule has 0 unspecified atom stereocenters. The minimum atomic E-state index is -0.156. The number of allylic oxidation sites excluding steroid dienone is 1. The van der Waals surface area contributed by atoms with Crippen LogP contribution in [0.3, 0.4) is 0 Å². The first-order valence-corrected chi connectivity index (χ1v) is 8.91. The van der Waals surface area contributed by atoms with E-state index in [1.807, 2.05) is 61.5 Å². The van der Waals surface area contributed by atoms with Crippen LogP contribution in [0.2, 0.25) is 0 Å². The molecule has 0 atom stereocenters. The number of anilines is 2. The Labute approximate surface area is 158 Å². The molecule has 4 aromatic carbocycles. The Morgan fingerprint density at radius 1 is 0.667 bits per heavy atom. The number of benzene rings is 4. The van der Waals surface area contributed by atoms with Crippen molar-refractivity contribution in [2.45, 2.75) is 6.92 Å². The number of hydrogen-bond acceptors (Lipinski definition) is 2. The molecule has 0 aliphatic rings. The zero-order valence-corrected chi connectivity index (χ0v) is 15.1. The Hall–Kier alpha value is -3.59. The highest BCUT2D eigenvalue weighted by atomic mass is 16.1. The van der Waals surface area contributed by atoms with Gasteiger partial charge in [-0.2, -0.15) is 0 Å². The second-order valence-electron chi connectivity index (χ2n) is 6.57. The molecule has 132 valence electrons.